The minimum atomic E-state index is -0.547. The van der Waals surface area contributed by atoms with Gasteiger partial charge in [0.05, 0.1) is 17.1 Å². The summed E-state index contributed by atoms with van der Waals surface area (Å²) in [6.45, 7) is 1.93. The molecule has 0 bridgehead atoms. The largest absolute Gasteiger partial charge is 0.397 e. The number of benzene rings is 2. The van der Waals surface area contributed by atoms with Gasteiger partial charge in [-0.1, -0.05) is 12.1 Å². The molecule has 0 aromatic heterocycles. The fraction of sp³-hybridized carbons (Fsp3) is 0.0714. The highest BCUT2D eigenvalue weighted by Crippen LogP contribution is 2.27. The summed E-state index contributed by atoms with van der Waals surface area (Å²) < 4.78 is 13.4. The van der Waals surface area contributed by atoms with Crippen LogP contribution in [0.25, 0.3) is 0 Å². The molecule has 0 aliphatic carbocycles. The van der Waals surface area contributed by atoms with Crippen molar-refractivity contribution in [2.24, 2.45) is 0 Å². The van der Waals surface area contributed by atoms with Crippen LogP contribution in [0.15, 0.2) is 36.4 Å². The van der Waals surface area contributed by atoms with E-state index in [0.717, 1.165) is 5.56 Å². The van der Waals surface area contributed by atoms with E-state index in [1.165, 1.54) is 6.07 Å². The average molecular weight is 241 g/mol. The summed E-state index contributed by atoms with van der Waals surface area (Å²) in [6, 6.07) is 11.8. The maximum Gasteiger partial charge on any atom is 0.143 e. The Morgan fingerprint density at radius 3 is 2.72 bits per heavy atom. The smallest absolute Gasteiger partial charge is 0.143 e. The second-order valence-electron chi connectivity index (χ2n) is 3.99. The van der Waals surface area contributed by atoms with E-state index in [9.17, 15) is 4.39 Å². The van der Waals surface area contributed by atoms with Crippen LogP contribution in [0.4, 0.5) is 21.5 Å². The van der Waals surface area contributed by atoms with Crippen LogP contribution in [0.5, 0.6) is 0 Å². The topological polar surface area (TPSA) is 61.8 Å². The number of halogens is 1. The van der Waals surface area contributed by atoms with Crippen molar-refractivity contribution < 1.29 is 4.39 Å². The molecule has 0 radical (unpaired) electrons. The van der Waals surface area contributed by atoms with Gasteiger partial charge in [0.1, 0.15) is 17.4 Å². The summed E-state index contributed by atoms with van der Waals surface area (Å²) in [5.74, 6) is -0.547. The first-order chi connectivity index (χ1) is 8.61. The number of anilines is 3. The van der Waals surface area contributed by atoms with E-state index in [-0.39, 0.29) is 5.56 Å². The molecule has 0 spiro atoms. The molecule has 0 saturated heterocycles. The summed E-state index contributed by atoms with van der Waals surface area (Å²) in [6.07, 6.45) is 0. The minimum Gasteiger partial charge on any atom is -0.397 e. The van der Waals surface area contributed by atoms with Crippen molar-refractivity contribution in [3.8, 4) is 6.07 Å². The number of nitriles is 1. The van der Waals surface area contributed by atoms with E-state index in [0.29, 0.717) is 17.1 Å². The van der Waals surface area contributed by atoms with E-state index in [2.05, 4.69) is 5.32 Å². The second-order valence-corrected chi connectivity index (χ2v) is 3.99. The molecule has 3 nitrogen and oxygen atoms in total. The molecule has 2 aromatic rings. The first-order valence-corrected chi connectivity index (χ1v) is 5.43. The highest BCUT2D eigenvalue weighted by atomic mass is 19.1. The van der Waals surface area contributed by atoms with Crippen LogP contribution < -0.4 is 11.1 Å². The predicted octanol–water partition coefficient (Wildman–Crippen LogP) is 3.33. The molecule has 2 aromatic carbocycles. The van der Waals surface area contributed by atoms with Gasteiger partial charge >= 0.3 is 0 Å². The van der Waals surface area contributed by atoms with Gasteiger partial charge < -0.3 is 11.1 Å². The Balaban J connectivity index is 2.44. The third-order valence-corrected chi connectivity index (χ3v) is 2.60. The molecule has 0 atom stereocenters. The minimum absolute atomic E-state index is 0.0154. The SMILES string of the molecule is Cc1ccc(N)c(Nc2cccc(F)c2C#N)c1. The zero-order chi connectivity index (χ0) is 13.1. The zero-order valence-corrected chi connectivity index (χ0v) is 9.87. The zero-order valence-electron chi connectivity index (χ0n) is 9.87. The van der Waals surface area contributed by atoms with Crippen LogP contribution in [-0.4, -0.2) is 0 Å². The molecule has 18 heavy (non-hydrogen) atoms. The summed E-state index contributed by atoms with van der Waals surface area (Å²) in [5, 5.41) is 11.9. The van der Waals surface area contributed by atoms with Crippen LogP contribution >= 0.6 is 0 Å². The molecule has 3 N–H and O–H groups in total. The van der Waals surface area contributed by atoms with Crippen LogP contribution in [0.2, 0.25) is 0 Å². The lowest BCUT2D eigenvalue weighted by molar-refractivity contribution is 0.624. The number of nitrogen functional groups attached to an aromatic ring is 1. The molecule has 0 aliphatic heterocycles. The number of nitrogens with two attached hydrogens (primary N) is 1. The number of hydrogen-bond donors (Lipinski definition) is 2. The molecule has 4 heteroatoms. The molecular formula is C14H12FN3. The molecule has 0 aliphatic rings. The van der Waals surface area contributed by atoms with Crippen molar-refractivity contribution in [3.63, 3.8) is 0 Å². The molecule has 0 saturated carbocycles. The Bertz CT molecular complexity index is 629. The Morgan fingerprint density at radius 1 is 1.22 bits per heavy atom. The van der Waals surface area contributed by atoms with Gasteiger partial charge in [0.15, 0.2) is 0 Å². The van der Waals surface area contributed by atoms with Gasteiger partial charge in [-0.05, 0) is 36.8 Å². The van der Waals surface area contributed by atoms with E-state index < -0.39 is 5.82 Å². The second kappa shape index (κ2) is 4.76. The highest BCUT2D eigenvalue weighted by molar-refractivity contribution is 5.75. The molecule has 0 unspecified atom stereocenters. The van der Waals surface area contributed by atoms with E-state index in [1.807, 2.05) is 25.1 Å². The Labute approximate surface area is 105 Å². The van der Waals surface area contributed by atoms with Crippen LogP contribution in [0, 0.1) is 24.1 Å². The fourth-order valence-corrected chi connectivity index (χ4v) is 1.67. The van der Waals surface area contributed by atoms with Gasteiger partial charge in [0.2, 0.25) is 0 Å². The Hall–Kier alpha value is -2.54. The monoisotopic (exact) mass is 241 g/mol. The van der Waals surface area contributed by atoms with Gasteiger partial charge in [-0.25, -0.2) is 4.39 Å². The van der Waals surface area contributed by atoms with E-state index >= 15 is 0 Å². The first-order valence-electron chi connectivity index (χ1n) is 5.43. The van der Waals surface area contributed by atoms with Crippen LogP contribution in [0.3, 0.4) is 0 Å². The van der Waals surface area contributed by atoms with Crippen molar-refractivity contribution in [1.29, 1.82) is 5.26 Å². The van der Waals surface area contributed by atoms with Gasteiger partial charge in [-0.3, -0.25) is 0 Å². The van der Waals surface area contributed by atoms with Crippen molar-refractivity contribution in [2.45, 2.75) is 6.92 Å². The number of hydrogen-bond acceptors (Lipinski definition) is 3. The molecule has 0 amide bonds. The third kappa shape index (κ3) is 2.25. The molecule has 2 rings (SSSR count). The fourth-order valence-electron chi connectivity index (χ4n) is 1.67. The van der Waals surface area contributed by atoms with E-state index in [1.54, 1.807) is 18.2 Å². The standard InChI is InChI=1S/C14H12FN3/c1-9-5-6-12(17)14(7-9)18-13-4-2-3-11(15)10(13)8-16/h2-7,18H,17H2,1H3. The van der Waals surface area contributed by atoms with Crippen LogP contribution in [-0.2, 0) is 0 Å². The summed E-state index contributed by atoms with van der Waals surface area (Å²) in [5.41, 5.74) is 8.47. The van der Waals surface area contributed by atoms with E-state index in [4.69, 9.17) is 11.0 Å². The lowest BCUT2D eigenvalue weighted by Crippen LogP contribution is -1.99. The number of rotatable bonds is 2. The van der Waals surface area contributed by atoms with Crippen molar-refractivity contribution >= 4 is 17.1 Å². The maximum atomic E-state index is 13.4. The summed E-state index contributed by atoms with van der Waals surface area (Å²) in [7, 11) is 0. The normalized spacial score (nSPS) is 9.83. The Kier molecular flexibility index (Phi) is 3.16. The molecule has 90 valence electrons. The average Bonchev–Trinajstić information content (AvgIpc) is 2.34. The van der Waals surface area contributed by atoms with Crippen molar-refractivity contribution in [2.75, 3.05) is 11.1 Å². The maximum absolute atomic E-state index is 13.4. The quantitative estimate of drug-likeness (QED) is 0.793. The van der Waals surface area contributed by atoms with Gasteiger partial charge in [-0.2, -0.15) is 5.26 Å². The van der Waals surface area contributed by atoms with Crippen LogP contribution in [0.1, 0.15) is 11.1 Å². The molecule has 0 heterocycles. The number of nitrogens with one attached hydrogen (secondary N) is 1. The van der Waals surface area contributed by atoms with Gasteiger partial charge in [0.25, 0.3) is 0 Å². The predicted molar refractivity (Wildman–Crippen MR) is 70.0 cm³/mol. The molecule has 0 fully saturated rings. The first kappa shape index (κ1) is 11.9. The van der Waals surface area contributed by atoms with Crippen molar-refractivity contribution in [3.05, 3.63) is 53.3 Å². The van der Waals surface area contributed by atoms with Crippen molar-refractivity contribution in [1.82, 2.24) is 0 Å². The third-order valence-electron chi connectivity index (χ3n) is 2.60. The number of nitrogens with zero attached hydrogens (tertiary/aromatic N) is 1. The number of aryl methyl sites for hydroxylation is 1. The lowest BCUT2D eigenvalue weighted by atomic mass is 10.1. The summed E-state index contributed by atoms with van der Waals surface area (Å²) in [4.78, 5) is 0. The lowest BCUT2D eigenvalue weighted by Gasteiger charge is -2.11. The summed E-state index contributed by atoms with van der Waals surface area (Å²) >= 11 is 0. The Morgan fingerprint density at radius 2 is 2.00 bits per heavy atom. The highest BCUT2D eigenvalue weighted by Gasteiger charge is 2.09. The van der Waals surface area contributed by atoms with Gasteiger partial charge in [0, 0.05) is 0 Å². The van der Waals surface area contributed by atoms with Gasteiger partial charge in [-0.15, -0.1) is 0 Å². The molecular weight excluding hydrogens is 229 g/mol.